The molecule has 0 amide bonds. The van der Waals surface area contributed by atoms with Gasteiger partial charge in [0.15, 0.2) is 0 Å². The summed E-state index contributed by atoms with van der Waals surface area (Å²) in [6.07, 6.45) is -5.19. The zero-order valence-electron chi connectivity index (χ0n) is 24.4. The smallest absolute Gasteiger partial charge is 0.360 e. The van der Waals surface area contributed by atoms with Gasteiger partial charge in [-0.05, 0) is 43.5 Å². The Bertz CT molecular complexity index is 1630. The largest absolute Gasteiger partial charge is 0.393 e. The predicted molar refractivity (Wildman–Crippen MR) is 156 cm³/mol. The molecule has 0 aliphatic rings. The van der Waals surface area contributed by atoms with Crippen LogP contribution in [0.1, 0.15) is 29.3 Å². The molecule has 0 saturated carbocycles. The van der Waals surface area contributed by atoms with E-state index in [1.54, 1.807) is 13.8 Å². The SMILES string of the molecule is Cc1noc(N(COC(C)[Si](C)(C)C)S(=O)(=O)c2ccccc2-c2ccc(COS(C)(=O)=O)cc2CC(F)(F)F)c1C. The second-order valence-corrected chi connectivity index (χ2v) is 20.1. The highest BCUT2D eigenvalue weighted by Gasteiger charge is 2.35. The molecule has 15 heteroatoms. The van der Waals surface area contributed by atoms with Gasteiger partial charge in [0, 0.05) is 16.9 Å². The van der Waals surface area contributed by atoms with Gasteiger partial charge in [-0.3, -0.25) is 4.18 Å². The molecule has 0 N–H and O–H groups in total. The summed E-state index contributed by atoms with van der Waals surface area (Å²) in [5.41, 5.74) is 0.647. The number of halogens is 3. The van der Waals surface area contributed by atoms with Crippen LogP contribution in [0.4, 0.5) is 19.1 Å². The minimum Gasteiger partial charge on any atom is -0.360 e. The third kappa shape index (κ3) is 8.43. The summed E-state index contributed by atoms with van der Waals surface area (Å²) in [5.74, 6) is -0.0612. The van der Waals surface area contributed by atoms with Crippen molar-refractivity contribution in [1.82, 2.24) is 5.16 Å². The summed E-state index contributed by atoms with van der Waals surface area (Å²) in [7, 11) is -10.2. The zero-order chi connectivity index (χ0) is 31.7. The molecule has 0 fully saturated rings. The van der Waals surface area contributed by atoms with Crippen molar-refractivity contribution in [1.29, 1.82) is 0 Å². The van der Waals surface area contributed by atoms with Crippen LogP contribution in [0, 0.1) is 13.8 Å². The Morgan fingerprint density at radius 2 is 1.67 bits per heavy atom. The maximum Gasteiger partial charge on any atom is 0.393 e. The second kappa shape index (κ2) is 12.5. The first kappa shape index (κ1) is 33.8. The Kier molecular flexibility index (Phi) is 10.0. The molecule has 0 aliphatic carbocycles. The van der Waals surface area contributed by atoms with Gasteiger partial charge in [-0.2, -0.15) is 21.6 Å². The molecular weight excluding hydrogens is 614 g/mol. The summed E-state index contributed by atoms with van der Waals surface area (Å²) in [6.45, 7) is 10.5. The van der Waals surface area contributed by atoms with E-state index in [0.717, 1.165) is 16.6 Å². The maximum absolute atomic E-state index is 14.3. The van der Waals surface area contributed by atoms with Crippen LogP contribution in [0.2, 0.25) is 19.6 Å². The highest BCUT2D eigenvalue weighted by Crippen LogP contribution is 2.37. The monoisotopic (exact) mass is 648 g/mol. The van der Waals surface area contributed by atoms with Crippen LogP contribution < -0.4 is 4.31 Å². The molecule has 9 nitrogen and oxygen atoms in total. The lowest BCUT2D eigenvalue weighted by Gasteiger charge is -2.29. The van der Waals surface area contributed by atoms with E-state index in [1.807, 2.05) is 6.92 Å². The number of aryl methyl sites for hydroxylation is 1. The number of hydrogen-bond acceptors (Lipinski definition) is 8. The van der Waals surface area contributed by atoms with E-state index in [0.29, 0.717) is 11.3 Å². The van der Waals surface area contributed by atoms with E-state index in [4.69, 9.17) is 13.4 Å². The third-order valence-electron chi connectivity index (χ3n) is 6.77. The van der Waals surface area contributed by atoms with Crippen LogP contribution in [-0.2, 0) is 42.1 Å². The number of ether oxygens (including phenoxy) is 1. The maximum atomic E-state index is 14.3. The lowest BCUT2D eigenvalue weighted by Crippen LogP contribution is -2.42. The first-order chi connectivity index (χ1) is 19.2. The summed E-state index contributed by atoms with van der Waals surface area (Å²) in [6, 6.07) is 9.59. The van der Waals surface area contributed by atoms with Crippen molar-refractivity contribution in [3.63, 3.8) is 0 Å². The van der Waals surface area contributed by atoms with Gasteiger partial charge in [0.05, 0.1) is 37.9 Å². The molecule has 1 atom stereocenters. The molecule has 1 heterocycles. The molecule has 0 aliphatic heterocycles. The Balaban J connectivity index is 2.18. The summed E-state index contributed by atoms with van der Waals surface area (Å²) in [4.78, 5) is -0.272. The number of benzene rings is 2. The standard InChI is InChI=1S/C27H35F3N2O7S2Si/c1-18-19(2)31-39-26(18)32(17-37-20(3)42(5,6)7)41(35,36)25-11-9-8-10-24(25)23-13-12-21(16-38-40(4,33)34)14-22(23)15-27(28,29)30/h8-14,20H,15-17H2,1-7H3. The first-order valence-corrected chi connectivity index (χ1v) is 19.7. The molecule has 0 saturated heterocycles. The quantitative estimate of drug-likeness (QED) is 0.134. The fourth-order valence-electron chi connectivity index (χ4n) is 3.87. The molecule has 3 rings (SSSR count). The molecule has 0 spiro atoms. The fraction of sp³-hybridized carbons (Fsp3) is 0.444. The molecule has 42 heavy (non-hydrogen) atoms. The third-order valence-corrected chi connectivity index (χ3v) is 11.7. The molecule has 3 aromatic rings. The van der Waals surface area contributed by atoms with Gasteiger partial charge in [0.2, 0.25) is 5.88 Å². The van der Waals surface area contributed by atoms with Crippen molar-refractivity contribution >= 4 is 34.1 Å². The summed E-state index contributed by atoms with van der Waals surface area (Å²) >= 11 is 0. The van der Waals surface area contributed by atoms with Crippen LogP contribution in [-0.4, -0.2) is 55.0 Å². The highest BCUT2D eigenvalue weighted by atomic mass is 32.2. The van der Waals surface area contributed by atoms with Crippen molar-refractivity contribution < 1.29 is 43.4 Å². The van der Waals surface area contributed by atoms with Crippen molar-refractivity contribution in [2.24, 2.45) is 0 Å². The lowest BCUT2D eigenvalue weighted by atomic mass is 9.95. The van der Waals surface area contributed by atoms with Gasteiger partial charge in [-0.1, -0.05) is 61.2 Å². The Morgan fingerprint density at radius 3 is 2.21 bits per heavy atom. The summed E-state index contributed by atoms with van der Waals surface area (Å²) in [5, 5.41) is 3.89. The molecule has 2 aromatic carbocycles. The van der Waals surface area contributed by atoms with Gasteiger partial charge in [-0.15, -0.1) is 0 Å². The average molecular weight is 649 g/mol. The van der Waals surface area contributed by atoms with Gasteiger partial charge in [0.25, 0.3) is 20.1 Å². The molecule has 0 radical (unpaired) electrons. The minimum absolute atomic E-state index is 0.0106. The first-order valence-electron chi connectivity index (χ1n) is 12.9. The Morgan fingerprint density at radius 1 is 1.02 bits per heavy atom. The zero-order valence-corrected chi connectivity index (χ0v) is 27.1. The molecule has 232 valence electrons. The van der Waals surface area contributed by atoms with Crippen LogP contribution >= 0.6 is 0 Å². The van der Waals surface area contributed by atoms with E-state index in [2.05, 4.69) is 24.8 Å². The predicted octanol–water partition coefficient (Wildman–Crippen LogP) is 5.97. The number of anilines is 1. The number of hydrogen-bond donors (Lipinski definition) is 0. The number of alkyl halides is 3. The van der Waals surface area contributed by atoms with Crippen molar-refractivity contribution in [3.8, 4) is 11.1 Å². The van der Waals surface area contributed by atoms with Crippen LogP contribution in [0.5, 0.6) is 0 Å². The Hall–Kier alpha value is -2.72. The Labute approximate surface area is 245 Å². The van der Waals surface area contributed by atoms with Crippen molar-refractivity contribution in [3.05, 3.63) is 64.8 Å². The van der Waals surface area contributed by atoms with Crippen molar-refractivity contribution in [2.75, 3.05) is 17.3 Å². The topological polar surface area (TPSA) is 116 Å². The lowest BCUT2D eigenvalue weighted by molar-refractivity contribution is -0.127. The average Bonchev–Trinajstić information content (AvgIpc) is 3.18. The number of nitrogens with zero attached hydrogens (tertiary/aromatic N) is 2. The van der Waals surface area contributed by atoms with Gasteiger partial charge in [-0.25, -0.2) is 12.7 Å². The fourth-order valence-corrected chi connectivity index (χ4v) is 6.33. The summed E-state index contributed by atoms with van der Waals surface area (Å²) < 4.78 is 110. The van der Waals surface area contributed by atoms with E-state index >= 15 is 0 Å². The van der Waals surface area contributed by atoms with Crippen LogP contribution in [0.25, 0.3) is 11.1 Å². The minimum atomic E-state index is -4.64. The van der Waals surface area contributed by atoms with Gasteiger partial charge in [0.1, 0.15) is 6.73 Å². The highest BCUT2D eigenvalue weighted by molar-refractivity contribution is 7.93. The van der Waals surface area contributed by atoms with E-state index < -0.39 is 54.2 Å². The normalized spacial score (nSPS) is 13.8. The molecule has 1 unspecified atom stereocenters. The van der Waals surface area contributed by atoms with E-state index in [1.165, 1.54) is 36.4 Å². The van der Waals surface area contributed by atoms with E-state index in [9.17, 15) is 30.0 Å². The number of sulfonamides is 1. The number of aromatic nitrogens is 1. The molecular formula is C27H35F3N2O7S2Si. The van der Waals surface area contributed by atoms with Crippen LogP contribution in [0.15, 0.2) is 51.9 Å². The van der Waals surface area contributed by atoms with Gasteiger partial charge >= 0.3 is 6.18 Å². The van der Waals surface area contributed by atoms with Crippen molar-refractivity contribution in [2.45, 2.75) is 70.2 Å². The van der Waals surface area contributed by atoms with Crippen LogP contribution in [0.3, 0.4) is 0 Å². The molecule has 0 bridgehead atoms. The van der Waals surface area contributed by atoms with Gasteiger partial charge < -0.3 is 9.26 Å². The van der Waals surface area contributed by atoms with E-state index in [-0.39, 0.29) is 38.8 Å². The second-order valence-electron chi connectivity index (χ2n) is 11.1. The number of rotatable bonds is 12. The molecule has 1 aromatic heterocycles.